The number of nitrogens with two attached hydrogens (primary N) is 1. The lowest BCUT2D eigenvalue weighted by Gasteiger charge is -2.29. The fourth-order valence-electron chi connectivity index (χ4n) is 1.92. The van der Waals surface area contributed by atoms with E-state index in [1.807, 2.05) is 0 Å². The largest absolute Gasteiger partial charge is 0.384 e. The molecule has 0 radical (unpaired) electrons. The minimum atomic E-state index is -3.39. The second kappa shape index (κ2) is 4.62. The number of piperidine rings is 1. The monoisotopic (exact) mass is 255 g/mol. The lowest BCUT2D eigenvalue weighted by Crippen LogP contribution is -2.37. The van der Waals surface area contributed by atoms with Crippen molar-refractivity contribution in [2.75, 3.05) is 18.8 Å². The lowest BCUT2D eigenvalue weighted by molar-refractivity contribution is 0.288. The van der Waals surface area contributed by atoms with Crippen LogP contribution in [0.4, 0.5) is 5.82 Å². The fourth-order valence-corrected chi connectivity index (χ4v) is 3.33. The van der Waals surface area contributed by atoms with Crippen LogP contribution in [0.25, 0.3) is 0 Å². The van der Waals surface area contributed by atoms with Crippen LogP contribution in [0.3, 0.4) is 0 Å². The highest BCUT2D eigenvalue weighted by atomic mass is 32.2. The minimum absolute atomic E-state index is 0.223. The average Bonchev–Trinajstić information content (AvgIpc) is 2.30. The van der Waals surface area contributed by atoms with Gasteiger partial charge >= 0.3 is 0 Å². The first-order valence-corrected chi connectivity index (χ1v) is 7.16. The Balaban J connectivity index is 2.21. The molecule has 6 heteroatoms. The van der Waals surface area contributed by atoms with Crippen LogP contribution < -0.4 is 5.73 Å². The van der Waals surface area contributed by atoms with Crippen molar-refractivity contribution in [1.82, 2.24) is 9.29 Å². The number of hydrogen-bond acceptors (Lipinski definition) is 4. The van der Waals surface area contributed by atoms with Gasteiger partial charge in [-0.25, -0.2) is 13.4 Å². The zero-order valence-corrected chi connectivity index (χ0v) is 10.7. The molecule has 1 aliphatic heterocycles. The highest BCUT2D eigenvalue weighted by Crippen LogP contribution is 2.23. The van der Waals surface area contributed by atoms with Crippen molar-refractivity contribution < 1.29 is 8.42 Å². The molecule has 0 saturated carbocycles. The summed E-state index contributed by atoms with van der Waals surface area (Å²) in [6.45, 7) is 3.33. The molecule has 0 bridgehead atoms. The molecule has 0 aromatic carbocycles. The first kappa shape index (κ1) is 12.3. The third-order valence-corrected chi connectivity index (χ3v) is 5.02. The number of hydrogen-bond donors (Lipinski definition) is 1. The van der Waals surface area contributed by atoms with Crippen LogP contribution >= 0.6 is 0 Å². The van der Waals surface area contributed by atoms with E-state index in [9.17, 15) is 8.42 Å². The minimum Gasteiger partial charge on any atom is -0.384 e. The summed E-state index contributed by atoms with van der Waals surface area (Å²) >= 11 is 0. The van der Waals surface area contributed by atoms with E-state index in [1.54, 1.807) is 0 Å². The van der Waals surface area contributed by atoms with Gasteiger partial charge in [-0.1, -0.05) is 6.92 Å². The van der Waals surface area contributed by atoms with Crippen molar-refractivity contribution in [3.05, 3.63) is 18.3 Å². The van der Waals surface area contributed by atoms with Gasteiger partial charge in [0.25, 0.3) is 0 Å². The van der Waals surface area contributed by atoms with Crippen molar-refractivity contribution in [3.8, 4) is 0 Å². The van der Waals surface area contributed by atoms with E-state index in [4.69, 9.17) is 5.73 Å². The van der Waals surface area contributed by atoms with Crippen LogP contribution in [-0.2, 0) is 10.0 Å². The molecule has 2 N–H and O–H groups in total. The fraction of sp³-hybridized carbons (Fsp3) is 0.545. The van der Waals surface area contributed by atoms with E-state index in [1.165, 1.54) is 22.6 Å². The molecule has 1 aromatic heterocycles. The van der Waals surface area contributed by atoms with Gasteiger partial charge in [-0.15, -0.1) is 0 Å². The zero-order chi connectivity index (χ0) is 12.5. The van der Waals surface area contributed by atoms with Gasteiger partial charge in [-0.2, -0.15) is 4.31 Å². The van der Waals surface area contributed by atoms with Crippen molar-refractivity contribution >= 4 is 15.8 Å². The highest BCUT2D eigenvalue weighted by Gasteiger charge is 2.28. The van der Waals surface area contributed by atoms with Crippen molar-refractivity contribution in [3.63, 3.8) is 0 Å². The molecule has 1 aliphatic rings. The Kier molecular flexibility index (Phi) is 3.35. The molecule has 5 nitrogen and oxygen atoms in total. The summed E-state index contributed by atoms with van der Waals surface area (Å²) < 4.78 is 26.0. The number of sulfonamides is 1. The second-order valence-corrected chi connectivity index (χ2v) is 6.44. The number of pyridine rings is 1. The Hall–Kier alpha value is -1.14. The summed E-state index contributed by atoms with van der Waals surface area (Å²) in [6, 6.07) is 3.02. The van der Waals surface area contributed by atoms with Gasteiger partial charge in [-0.05, 0) is 30.9 Å². The van der Waals surface area contributed by atoms with Crippen LogP contribution in [0.15, 0.2) is 23.2 Å². The van der Waals surface area contributed by atoms with Crippen molar-refractivity contribution in [1.29, 1.82) is 0 Å². The predicted octanol–water partition coefficient (Wildman–Crippen LogP) is 1.08. The summed E-state index contributed by atoms with van der Waals surface area (Å²) in [5.41, 5.74) is 5.45. The maximum atomic E-state index is 12.3. The van der Waals surface area contributed by atoms with Crippen LogP contribution in [0.2, 0.25) is 0 Å². The second-order valence-electron chi connectivity index (χ2n) is 4.51. The number of rotatable bonds is 2. The van der Waals surface area contributed by atoms with Gasteiger partial charge in [0.1, 0.15) is 10.7 Å². The summed E-state index contributed by atoms with van der Waals surface area (Å²) in [4.78, 5) is 4.05. The standard InChI is InChI=1S/C11H17N3O2S/c1-9-4-6-14(7-5-9)17(15,16)10-2-3-11(12)13-8-10/h2-3,8-9H,4-7H2,1H3,(H2,12,13). The van der Waals surface area contributed by atoms with E-state index < -0.39 is 10.0 Å². The molecule has 0 amide bonds. The van der Waals surface area contributed by atoms with E-state index in [0.717, 1.165) is 12.8 Å². The van der Waals surface area contributed by atoms with Crippen LogP contribution in [-0.4, -0.2) is 30.8 Å². The number of nitrogens with zero attached hydrogens (tertiary/aromatic N) is 2. The maximum absolute atomic E-state index is 12.3. The smallest absolute Gasteiger partial charge is 0.244 e. The Labute approximate surface area is 102 Å². The zero-order valence-electron chi connectivity index (χ0n) is 9.83. The summed E-state index contributed by atoms with van der Waals surface area (Å²) in [5, 5.41) is 0. The van der Waals surface area contributed by atoms with Gasteiger partial charge in [0.05, 0.1) is 0 Å². The van der Waals surface area contributed by atoms with E-state index in [-0.39, 0.29) is 4.90 Å². The molecule has 1 fully saturated rings. The van der Waals surface area contributed by atoms with Gasteiger partial charge in [-0.3, -0.25) is 0 Å². The van der Waals surface area contributed by atoms with Gasteiger partial charge in [0.2, 0.25) is 10.0 Å². The summed E-state index contributed by atoms with van der Waals surface area (Å²) in [6.07, 6.45) is 3.16. The third kappa shape index (κ3) is 2.58. The topological polar surface area (TPSA) is 76.3 Å². The van der Waals surface area contributed by atoms with Crippen LogP contribution in [0, 0.1) is 5.92 Å². The lowest BCUT2D eigenvalue weighted by atomic mass is 10.0. The van der Waals surface area contributed by atoms with Gasteiger partial charge in [0, 0.05) is 19.3 Å². The predicted molar refractivity (Wildman–Crippen MR) is 65.8 cm³/mol. The Bertz CT molecular complexity index is 476. The summed E-state index contributed by atoms with van der Waals surface area (Å²) in [5.74, 6) is 0.933. The molecule has 2 heterocycles. The molecule has 0 unspecified atom stereocenters. The molecule has 0 spiro atoms. The summed E-state index contributed by atoms with van der Waals surface area (Å²) in [7, 11) is -3.39. The van der Waals surface area contributed by atoms with E-state index in [2.05, 4.69) is 11.9 Å². The third-order valence-electron chi connectivity index (χ3n) is 3.14. The molecule has 94 valence electrons. The quantitative estimate of drug-likeness (QED) is 0.858. The molecule has 2 rings (SSSR count). The Morgan fingerprint density at radius 2 is 2.00 bits per heavy atom. The molecule has 0 aliphatic carbocycles. The van der Waals surface area contributed by atoms with Crippen molar-refractivity contribution in [2.24, 2.45) is 5.92 Å². The molecular weight excluding hydrogens is 238 g/mol. The average molecular weight is 255 g/mol. The molecule has 1 aromatic rings. The van der Waals surface area contributed by atoms with Gasteiger partial charge in [0.15, 0.2) is 0 Å². The first-order chi connectivity index (χ1) is 8.00. The normalized spacial score (nSPS) is 19.4. The maximum Gasteiger partial charge on any atom is 0.244 e. The first-order valence-electron chi connectivity index (χ1n) is 5.72. The van der Waals surface area contributed by atoms with Crippen LogP contribution in [0.1, 0.15) is 19.8 Å². The highest BCUT2D eigenvalue weighted by molar-refractivity contribution is 7.89. The number of aromatic nitrogens is 1. The number of nitrogen functional groups attached to an aromatic ring is 1. The van der Waals surface area contributed by atoms with Gasteiger partial charge < -0.3 is 5.73 Å². The molecule has 17 heavy (non-hydrogen) atoms. The molecule has 1 saturated heterocycles. The SMILES string of the molecule is CC1CCN(S(=O)(=O)c2ccc(N)nc2)CC1. The molecular formula is C11H17N3O2S. The molecule has 0 atom stereocenters. The number of anilines is 1. The Morgan fingerprint density at radius 1 is 1.35 bits per heavy atom. The van der Waals surface area contributed by atoms with Crippen LogP contribution in [0.5, 0.6) is 0 Å². The Morgan fingerprint density at radius 3 is 2.53 bits per heavy atom. The van der Waals surface area contributed by atoms with E-state index in [0.29, 0.717) is 24.8 Å². The van der Waals surface area contributed by atoms with Crippen molar-refractivity contribution in [2.45, 2.75) is 24.7 Å². The van der Waals surface area contributed by atoms with E-state index >= 15 is 0 Å².